The summed E-state index contributed by atoms with van der Waals surface area (Å²) in [6.07, 6.45) is 3.95. The summed E-state index contributed by atoms with van der Waals surface area (Å²) >= 11 is 0. The number of rotatable bonds is 4. The third-order valence-corrected chi connectivity index (χ3v) is 7.01. The van der Waals surface area contributed by atoms with Gasteiger partial charge in [0.15, 0.2) is 17.1 Å². The van der Waals surface area contributed by atoms with Gasteiger partial charge in [-0.1, -0.05) is 30.7 Å². The maximum absolute atomic E-state index is 8.36. The van der Waals surface area contributed by atoms with Crippen LogP contribution in [-0.4, -0.2) is 47.8 Å². The lowest BCUT2D eigenvalue weighted by atomic mass is 9.96. The molecule has 0 aliphatic carbocycles. The van der Waals surface area contributed by atoms with Crippen molar-refractivity contribution in [1.29, 1.82) is 0 Å². The Kier molecular flexibility index (Phi) is 7.42. The van der Waals surface area contributed by atoms with Crippen LogP contribution in [0.1, 0.15) is 36.0 Å². The number of likely N-dealkylation sites (tertiary alicyclic amines) is 1. The van der Waals surface area contributed by atoms with Crippen LogP contribution in [0, 0.1) is 13.8 Å². The molecule has 0 spiro atoms. The summed E-state index contributed by atoms with van der Waals surface area (Å²) in [5, 5.41) is 6.89. The summed E-state index contributed by atoms with van der Waals surface area (Å²) in [5.74, 6) is 2.27. The fourth-order valence-corrected chi connectivity index (χ4v) is 5.25. The van der Waals surface area contributed by atoms with Crippen molar-refractivity contribution in [2.45, 2.75) is 39.7 Å². The molecule has 192 valence electrons. The van der Waals surface area contributed by atoms with Gasteiger partial charge in [-0.25, -0.2) is 4.98 Å². The third-order valence-electron chi connectivity index (χ3n) is 7.01. The zero-order chi connectivity index (χ0) is 25.8. The Morgan fingerprint density at radius 2 is 1.68 bits per heavy atom. The second-order valence-electron chi connectivity index (χ2n) is 9.56. The number of piperidine rings is 1. The Labute approximate surface area is 216 Å². The Morgan fingerprint density at radius 3 is 2.46 bits per heavy atom. The predicted molar refractivity (Wildman–Crippen MR) is 143 cm³/mol. The van der Waals surface area contributed by atoms with Crippen LogP contribution in [0.4, 0.5) is 0 Å². The molecule has 1 fully saturated rings. The van der Waals surface area contributed by atoms with E-state index in [1.807, 2.05) is 6.07 Å². The molecule has 7 nitrogen and oxygen atoms in total. The van der Waals surface area contributed by atoms with E-state index < -0.39 is 0 Å². The van der Waals surface area contributed by atoms with E-state index in [9.17, 15) is 0 Å². The molecule has 0 atom stereocenters. The van der Waals surface area contributed by atoms with Gasteiger partial charge < -0.3 is 19.0 Å². The van der Waals surface area contributed by atoms with Crippen molar-refractivity contribution >= 4 is 17.6 Å². The van der Waals surface area contributed by atoms with Crippen molar-refractivity contribution in [2.24, 2.45) is 0 Å². The van der Waals surface area contributed by atoms with Crippen molar-refractivity contribution in [3.8, 4) is 34.1 Å². The number of hydrogen-bond acceptors (Lipinski definition) is 6. The third kappa shape index (κ3) is 5.32. The molecule has 2 aliphatic rings. The SMILES string of the molecule is Cc1c(-c2ccc3c(c2)OCCO3)cccc1-c1nc2cc(CN3CCCCC3)cc(C)c2o1.O=CO. The molecular weight excluding hydrogens is 468 g/mol. The molecule has 0 saturated carbocycles. The fourth-order valence-electron chi connectivity index (χ4n) is 5.25. The van der Waals surface area contributed by atoms with Gasteiger partial charge in [-0.2, -0.15) is 0 Å². The summed E-state index contributed by atoms with van der Waals surface area (Å²) in [7, 11) is 0. The highest BCUT2D eigenvalue weighted by Crippen LogP contribution is 2.38. The van der Waals surface area contributed by atoms with Gasteiger partial charge in [-0.05, 0) is 91.9 Å². The number of carbonyl (C=O) groups is 1. The average molecular weight is 501 g/mol. The number of aryl methyl sites for hydroxylation is 1. The standard InChI is InChI=1S/C29H30N2O3.CH2O2/c1-19-15-21(18-31-11-4-3-5-12-31)16-25-28(19)34-29(30-25)24-8-6-7-23(20(24)2)22-9-10-26-27(17-22)33-14-13-32-26;2-1-3/h6-10,15-17H,3-5,11-14,18H2,1-2H3;1H,(H,2,3). The molecule has 0 amide bonds. The monoisotopic (exact) mass is 500 g/mol. The maximum Gasteiger partial charge on any atom is 0.290 e. The molecule has 0 bridgehead atoms. The van der Waals surface area contributed by atoms with E-state index in [1.165, 1.54) is 37.9 Å². The van der Waals surface area contributed by atoms with Crippen molar-refractivity contribution in [2.75, 3.05) is 26.3 Å². The van der Waals surface area contributed by atoms with Crippen molar-refractivity contribution in [1.82, 2.24) is 9.88 Å². The number of oxazole rings is 1. The van der Waals surface area contributed by atoms with Crippen LogP contribution >= 0.6 is 0 Å². The Morgan fingerprint density at radius 1 is 0.946 bits per heavy atom. The summed E-state index contributed by atoms with van der Waals surface area (Å²) in [6, 6.07) is 16.9. The highest BCUT2D eigenvalue weighted by atomic mass is 16.6. The van der Waals surface area contributed by atoms with Crippen LogP contribution in [0.15, 0.2) is 52.9 Å². The minimum atomic E-state index is -0.250. The van der Waals surface area contributed by atoms with Crippen molar-refractivity contribution < 1.29 is 23.8 Å². The second-order valence-corrected chi connectivity index (χ2v) is 9.56. The lowest BCUT2D eigenvalue weighted by Gasteiger charge is -2.26. The summed E-state index contributed by atoms with van der Waals surface area (Å²) < 4.78 is 17.8. The van der Waals surface area contributed by atoms with Crippen LogP contribution < -0.4 is 9.47 Å². The first-order valence-corrected chi connectivity index (χ1v) is 12.8. The second kappa shape index (κ2) is 11.0. The molecule has 3 aromatic carbocycles. The highest BCUT2D eigenvalue weighted by Gasteiger charge is 2.18. The van der Waals surface area contributed by atoms with E-state index in [0.29, 0.717) is 19.1 Å². The van der Waals surface area contributed by atoms with Crippen LogP contribution in [0.25, 0.3) is 33.7 Å². The fraction of sp³-hybridized carbons (Fsp3) is 0.333. The number of aromatic nitrogens is 1. The largest absolute Gasteiger partial charge is 0.486 e. The first-order valence-electron chi connectivity index (χ1n) is 12.8. The Balaban J connectivity index is 0.000000892. The number of carboxylic acid groups (broad SMARTS) is 1. The molecular formula is C30H32N2O5. The Hall–Kier alpha value is -3.84. The van der Waals surface area contributed by atoms with E-state index in [0.717, 1.165) is 57.0 Å². The quantitative estimate of drug-likeness (QED) is 0.332. The molecule has 2 aliphatic heterocycles. The van der Waals surface area contributed by atoms with Gasteiger partial charge in [0, 0.05) is 12.1 Å². The van der Waals surface area contributed by atoms with Crippen LogP contribution in [-0.2, 0) is 11.3 Å². The number of nitrogens with zero attached hydrogens (tertiary/aromatic N) is 2. The molecule has 37 heavy (non-hydrogen) atoms. The Bertz CT molecular complexity index is 1400. The molecule has 4 aromatic rings. The number of fused-ring (bicyclic) bond motifs is 2. The van der Waals surface area contributed by atoms with E-state index in [2.05, 4.69) is 61.2 Å². The van der Waals surface area contributed by atoms with Gasteiger partial charge in [-0.3, -0.25) is 9.69 Å². The molecule has 1 N–H and O–H groups in total. The zero-order valence-electron chi connectivity index (χ0n) is 21.3. The van der Waals surface area contributed by atoms with E-state index >= 15 is 0 Å². The molecule has 7 heteroatoms. The molecule has 1 aromatic heterocycles. The first kappa shape index (κ1) is 24.8. The predicted octanol–water partition coefficient (Wildman–Crippen LogP) is 6.24. The number of benzene rings is 3. The molecule has 6 rings (SSSR count). The van der Waals surface area contributed by atoms with E-state index in [-0.39, 0.29) is 6.47 Å². The van der Waals surface area contributed by atoms with E-state index in [1.54, 1.807) is 0 Å². The summed E-state index contributed by atoms with van der Waals surface area (Å²) in [6.45, 7) is 8.53. The van der Waals surface area contributed by atoms with Crippen molar-refractivity contribution in [3.63, 3.8) is 0 Å². The molecule has 0 radical (unpaired) electrons. The first-order chi connectivity index (χ1) is 18.1. The summed E-state index contributed by atoms with van der Waals surface area (Å²) in [5.41, 5.74) is 8.65. The van der Waals surface area contributed by atoms with Crippen LogP contribution in [0.5, 0.6) is 11.5 Å². The van der Waals surface area contributed by atoms with Gasteiger partial charge in [0.05, 0.1) is 0 Å². The highest BCUT2D eigenvalue weighted by molar-refractivity contribution is 5.82. The van der Waals surface area contributed by atoms with Gasteiger partial charge in [0.1, 0.15) is 18.7 Å². The lowest BCUT2D eigenvalue weighted by Crippen LogP contribution is -2.29. The smallest absolute Gasteiger partial charge is 0.290 e. The molecule has 0 unspecified atom stereocenters. The minimum Gasteiger partial charge on any atom is -0.486 e. The van der Waals surface area contributed by atoms with Gasteiger partial charge in [0.25, 0.3) is 6.47 Å². The lowest BCUT2D eigenvalue weighted by molar-refractivity contribution is -0.122. The van der Waals surface area contributed by atoms with Gasteiger partial charge >= 0.3 is 0 Å². The van der Waals surface area contributed by atoms with E-state index in [4.69, 9.17) is 28.8 Å². The number of ether oxygens (including phenoxy) is 2. The minimum absolute atomic E-state index is 0.250. The van der Waals surface area contributed by atoms with Gasteiger partial charge in [0.2, 0.25) is 5.89 Å². The summed E-state index contributed by atoms with van der Waals surface area (Å²) in [4.78, 5) is 15.8. The van der Waals surface area contributed by atoms with Crippen molar-refractivity contribution in [3.05, 3.63) is 65.2 Å². The van der Waals surface area contributed by atoms with Gasteiger partial charge in [-0.15, -0.1) is 0 Å². The zero-order valence-corrected chi connectivity index (χ0v) is 21.3. The normalized spacial score (nSPS) is 15.2. The average Bonchev–Trinajstić information content (AvgIpc) is 3.34. The van der Waals surface area contributed by atoms with Crippen LogP contribution in [0.2, 0.25) is 0 Å². The molecule has 3 heterocycles. The van der Waals surface area contributed by atoms with Crippen LogP contribution in [0.3, 0.4) is 0 Å². The molecule has 1 saturated heterocycles. The number of hydrogen-bond donors (Lipinski definition) is 1. The maximum atomic E-state index is 8.36. The topological polar surface area (TPSA) is 85.0 Å².